The van der Waals surface area contributed by atoms with Crippen LogP contribution in [-0.2, 0) is 6.54 Å². The monoisotopic (exact) mass is 431 g/mol. The second-order valence-corrected chi connectivity index (χ2v) is 7.87. The lowest BCUT2D eigenvalue weighted by molar-refractivity contribution is 0.0730. The summed E-state index contributed by atoms with van der Waals surface area (Å²) in [5.74, 6) is -0.0801. The number of phenols is 2. The molecule has 1 aliphatic rings. The molecule has 0 bridgehead atoms. The molecule has 7 heteroatoms. The van der Waals surface area contributed by atoms with E-state index in [1.807, 2.05) is 36.4 Å². The summed E-state index contributed by atoms with van der Waals surface area (Å²) in [7, 11) is 0. The van der Waals surface area contributed by atoms with Crippen LogP contribution in [0.3, 0.4) is 0 Å². The maximum Gasteiger partial charge on any atom is 0.273 e. The first-order chi connectivity index (χ1) is 15.0. The molecular formula is C24H18ClN3O3. The number of aromatic nitrogens is 2. The number of nitrogens with one attached hydrogen (secondary N) is 1. The number of aromatic amines is 1. The van der Waals surface area contributed by atoms with Crippen LogP contribution in [0.1, 0.15) is 33.2 Å². The molecule has 5 rings (SSSR count). The van der Waals surface area contributed by atoms with Crippen molar-refractivity contribution in [3.05, 3.63) is 100 Å². The molecule has 31 heavy (non-hydrogen) atoms. The van der Waals surface area contributed by atoms with Crippen LogP contribution in [0.2, 0.25) is 5.02 Å². The van der Waals surface area contributed by atoms with E-state index in [0.717, 1.165) is 11.1 Å². The molecule has 1 aromatic heterocycles. The van der Waals surface area contributed by atoms with Gasteiger partial charge >= 0.3 is 0 Å². The zero-order valence-electron chi connectivity index (χ0n) is 16.3. The van der Waals surface area contributed by atoms with Crippen LogP contribution in [0, 0.1) is 0 Å². The van der Waals surface area contributed by atoms with Crippen LogP contribution in [0.15, 0.2) is 72.8 Å². The van der Waals surface area contributed by atoms with Crippen molar-refractivity contribution in [2.45, 2.75) is 12.6 Å². The van der Waals surface area contributed by atoms with Crippen molar-refractivity contribution in [2.75, 3.05) is 0 Å². The van der Waals surface area contributed by atoms with E-state index < -0.39 is 6.04 Å². The molecule has 1 atom stereocenters. The number of carbonyl (C=O) groups excluding carboxylic acids is 1. The first-order valence-corrected chi connectivity index (χ1v) is 10.1. The molecule has 3 aromatic carbocycles. The third-order valence-corrected chi connectivity index (χ3v) is 5.69. The van der Waals surface area contributed by atoms with Crippen LogP contribution in [-0.4, -0.2) is 31.2 Å². The van der Waals surface area contributed by atoms with Crippen molar-refractivity contribution in [1.82, 2.24) is 15.1 Å². The fraction of sp³-hybridized carbons (Fsp3) is 0.0833. The second kappa shape index (κ2) is 7.49. The van der Waals surface area contributed by atoms with Gasteiger partial charge in [-0.05, 0) is 41.5 Å². The first-order valence-electron chi connectivity index (χ1n) is 9.74. The van der Waals surface area contributed by atoms with Crippen molar-refractivity contribution in [3.8, 4) is 22.8 Å². The molecule has 0 aliphatic carbocycles. The highest BCUT2D eigenvalue weighted by Gasteiger charge is 2.42. The lowest BCUT2D eigenvalue weighted by Gasteiger charge is -2.26. The van der Waals surface area contributed by atoms with E-state index in [1.165, 1.54) is 6.07 Å². The Kier molecular flexibility index (Phi) is 4.64. The van der Waals surface area contributed by atoms with E-state index in [0.29, 0.717) is 34.1 Å². The number of amides is 1. The van der Waals surface area contributed by atoms with Gasteiger partial charge in [-0.1, -0.05) is 54.1 Å². The molecule has 0 radical (unpaired) electrons. The van der Waals surface area contributed by atoms with Gasteiger partial charge in [0.1, 0.15) is 22.9 Å². The third kappa shape index (κ3) is 3.31. The van der Waals surface area contributed by atoms with Crippen LogP contribution in [0.4, 0.5) is 0 Å². The molecule has 6 nitrogen and oxygen atoms in total. The topological polar surface area (TPSA) is 89.5 Å². The molecule has 1 unspecified atom stereocenters. The highest BCUT2D eigenvalue weighted by Crippen LogP contribution is 2.45. The maximum absolute atomic E-state index is 13.4. The van der Waals surface area contributed by atoms with Crippen LogP contribution >= 0.6 is 11.6 Å². The number of benzene rings is 3. The Morgan fingerprint density at radius 1 is 1.00 bits per heavy atom. The Labute approximate surface area is 183 Å². The van der Waals surface area contributed by atoms with Gasteiger partial charge in [-0.3, -0.25) is 9.89 Å². The molecule has 3 N–H and O–H groups in total. The summed E-state index contributed by atoms with van der Waals surface area (Å²) in [5, 5.41) is 28.2. The Morgan fingerprint density at radius 3 is 2.58 bits per heavy atom. The Morgan fingerprint density at radius 2 is 1.81 bits per heavy atom. The predicted molar refractivity (Wildman–Crippen MR) is 117 cm³/mol. The molecule has 4 aromatic rings. The van der Waals surface area contributed by atoms with Gasteiger partial charge in [-0.15, -0.1) is 0 Å². The molecular weight excluding hydrogens is 414 g/mol. The molecule has 0 fully saturated rings. The summed E-state index contributed by atoms with van der Waals surface area (Å²) in [4.78, 5) is 15.1. The summed E-state index contributed by atoms with van der Waals surface area (Å²) < 4.78 is 0. The molecule has 0 saturated heterocycles. The number of halogens is 1. The van der Waals surface area contributed by atoms with Crippen LogP contribution in [0.25, 0.3) is 11.3 Å². The summed E-state index contributed by atoms with van der Waals surface area (Å²) in [5.41, 5.74) is 3.61. The maximum atomic E-state index is 13.4. The molecule has 1 amide bonds. The van der Waals surface area contributed by atoms with Crippen molar-refractivity contribution in [1.29, 1.82) is 0 Å². The smallest absolute Gasteiger partial charge is 0.273 e. The van der Waals surface area contributed by atoms with Crippen LogP contribution in [0.5, 0.6) is 11.5 Å². The van der Waals surface area contributed by atoms with Gasteiger partial charge in [0.2, 0.25) is 0 Å². The van der Waals surface area contributed by atoms with E-state index in [2.05, 4.69) is 10.2 Å². The Hall–Kier alpha value is -3.77. The van der Waals surface area contributed by atoms with Gasteiger partial charge in [0.05, 0.1) is 6.04 Å². The van der Waals surface area contributed by atoms with Crippen LogP contribution < -0.4 is 0 Å². The average molecular weight is 432 g/mol. The van der Waals surface area contributed by atoms with E-state index in [9.17, 15) is 15.0 Å². The van der Waals surface area contributed by atoms with Gasteiger partial charge in [0, 0.05) is 22.7 Å². The molecule has 2 heterocycles. The molecule has 0 spiro atoms. The van der Waals surface area contributed by atoms with Crippen molar-refractivity contribution >= 4 is 17.5 Å². The van der Waals surface area contributed by atoms with E-state index >= 15 is 0 Å². The minimum Gasteiger partial charge on any atom is -0.508 e. The fourth-order valence-electron chi connectivity index (χ4n) is 4.08. The summed E-state index contributed by atoms with van der Waals surface area (Å²) in [6.07, 6.45) is 0. The predicted octanol–water partition coefficient (Wildman–Crippen LogP) is 4.89. The quantitative estimate of drug-likeness (QED) is 0.429. The zero-order chi connectivity index (χ0) is 21.5. The van der Waals surface area contributed by atoms with Gasteiger partial charge in [0.25, 0.3) is 5.91 Å². The van der Waals surface area contributed by atoms with Crippen molar-refractivity contribution in [2.24, 2.45) is 0 Å². The highest BCUT2D eigenvalue weighted by molar-refractivity contribution is 6.31. The summed E-state index contributed by atoms with van der Waals surface area (Å²) in [6.45, 7) is 0.378. The number of hydrogen-bond donors (Lipinski definition) is 3. The number of hydrogen-bond acceptors (Lipinski definition) is 4. The van der Waals surface area contributed by atoms with Gasteiger partial charge in [0.15, 0.2) is 0 Å². The van der Waals surface area contributed by atoms with Gasteiger partial charge < -0.3 is 15.1 Å². The number of aromatic hydroxyl groups is 2. The minimum absolute atomic E-state index is 0.0160. The molecule has 0 saturated carbocycles. The van der Waals surface area contributed by atoms with E-state index in [4.69, 9.17) is 11.6 Å². The highest BCUT2D eigenvalue weighted by atomic mass is 35.5. The van der Waals surface area contributed by atoms with Gasteiger partial charge in [-0.25, -0.2) is 0 Å². The Balaban J connectivity index is 1.69. The summed E-state index contributed by atoms with van der Waals surface area (Å²) >= 11 is 6.16. The third-order valence-electron chi connectivity index (χ3n) is 5.46. The number of rotatable bonds is 4. The molecule has 154 valence electrons. The van der Waals surface area contributed by atoms with Crippen molar-refractivity contribution < 1.29 is 15.0 Å². The molecule has 1 aliphatic heterocycles. The minimum atomic E-state index is -0.498. The largest absolute Gasteiger partial charge is 0.508 e. The SMILES string of the molecule is O=C1c2[nH]nc(-c3cc(Cl)ccc3O)c2C(c2cccc(O)c2)N1Cc1ccccc1. The number of nitrogens with zero attached hydrogens (tertiary/aromatic N) is 2. The zero-order valence-corrected chi connectivity index (χ0v) is 17.0. The number of H-pyrrole nitrogens is 1. The lowest BCUT2D eigenvalue weighted by atomic mass is 9.95. The van der Waals surface area contributed by atoms with Gasteiger partial charge in [-0.2, -0.15) is 5.10 Å². The Bertz CT molecular complexity index is 1290. The first kappa shape index (κ1) is 19.2. The second-order valence-electron chi connectivity index (χ2n) is 7.44. The normalized spacial score (nSPS) is 15.3. The summed E-state index contributed by atoms with van der Waals surface area (Å²) in [6, 6.07) is 20.7. The van der Waals surface area contributed by atoms with E-state index in [1.54, 1.807) is 35.2 Å². The fourth-order valence-corrected chi connectivity index (χ4v) is 4.26. The average Bonchev–Trinajstić information content (AvgIpc) is 3.30. The number of fused-ring (bicyclic) bond motifs is 1. The lowest BCUT2D eigenvalue weighted by Crippen LogP contribution is -2.29. The standard InChI is InChI=1S/C24H18ClN3O3/c25-16-9-10-19(30)18(12-16)21-20-22(27-26-21)24(31)28(13-14-5-2-1-3-6-14)23(20)15-7-4-8-17(29)11-15/h1-12,23,29-30H,13H2,(H,26,27). The number of phenolic OH excluding ortho intramolecular Hbond substituents is 2. The van der Waals surface area contributed by atoms with E-state index in [-0.39, 0.29) is 17.4 Å². The number of carbonyl (C=O) groups is 1. The van der Waals surface area contributed by atoms with Crippen molar-refractivity contribution in [3.63, 3.8) is 0 Å².